The third-order valence-electron chi connectivity index (χ3n) is 12.9. The summed E-state index contributed by atoms with van der Waals surface area (Å²) in [7, 11) is -3.92. The molecule has 328 valence electrons. The highest BCUT2D eigenvalue weighted by atomic mass is 32.2. The fourth-order valence-corrected chi connectivity index (χ4v) is 10.5. The highest BCUT2D eigenvalue weighted by Crippen LogP contribution is 2.46. The molecular weight excluding hydrogens is 813 g/mol. The molecule has 3 N–H and O–H groups in total. The Morgan fingerprint density at radius 2 is 1.71 bits per heavy atom. The summed E-state index contributed by atoms with van der Waals surface area (Å²) in [6.45, 7) is 4.10. The SMILES string of the molecule is CC(C)c1cccc(-c2cc(O[C@@H]3C[C@H]4C(=O)N[C@]5(C(=O)NS(=O)(=O)C6CC6)C[C@H]5C=CCCCCC[C@H](NC(=O)OC5CCCC5)C(=O)N4C3)n3nc4ccccc4c3n2)n1. The van der Waals surface area contributed by atoms with E-state index in [0.29, 0.717) is 60.5 Å². The Kier molecular flexibility index (Phi) is 11.4. The number of pyridine rings is 1. The second-order valence-electron chi connectivity index (χ2n) is 17.8. The minimum Gasteiger partial charge on any atom is -0.472 e. The van der Waals surface area contributed by atoms with E-state index in [-0.39, 0.29) is 31.4 Å². The van der Waals surface area contributed by atoms with Crippen LogP contribution in [0.2, 0.25) is 0 Å². The summed E-state index contributed by atoms with van der Waals surface area (Å²) in [5.41, 5.74) is 1.80. The molecular formula is C45H54N8O8S. The average molecular weight is 867 g/mol. The van der Waals surface area contributed by atoms with Gasteiger partial charge in [-0.2, -0.15) is 9.61 Å². The summed E-state index contributed by atoms with van der Waals surface area (Å²) in [5, 5.41) is 10.8. The first-order valence-electron chi connectivity index (χ1n) is 22.1. The third kappa shape index (κ3) is 8.59. The lowest BCUT2D eigenvalue weighted by Gasteiger charge is -2.30. The zero-order chi connectivity index (χ0) is 43.2. The van der Waals surface area contributed by atoms with Crippen LogP contribution in [0.4, 0.5) is 4.79 Å². The number of amides is 4. The van der Waals surface area contributed by atoms with E-state index in [1.54, 1.807) is 10.6 Å². The Hall–Kier alpha value is -5.58. The number of aromatic nitrogens is 4. The van der Waals surface area contributed by atoms with E-state index in [4.69, 9.17) is 24.5 Å². The quantitative estimate of drug-likeness (QED) is 0.180. The van der Waals surface area contributed by atoms with Crippen LogP contribution in [0.1, 0.15) is 109 Å². The summed E-state index contributed by atoms with van der Waals surface area (Å²) in [4.78, 5) is 68.0. The molecule has 3 aliphatic carbocycles. The normalized spacial score (nSPS) is 26.1. The highest BCUT2D eigenvalue weighted by Gasteiger charge is 2.62. The van der Waals surface area contributed by atoms with Crippen molar-refractivity contribution in [3.63, 3.8) is 0 Å². The highest BCUT2D eigenvalue weighted by molar-refractivity contribution is 7.91. The van der Waals surface area contributed by atoms with Crippen molar-refractivity contribution in [1.82, 2.24) is 39.8 Å². The largest absolute Gasteiger partial charge is 0.472 e. The zero-order valence-corrected chi connectivity index (χ0v) is 35.9. The standard InChI is InChI=1S/C45H54N8O8S/c1-27(2)33-19-12-20-35(46-33)37-24-39(53-40(47-37)32-16-10-11-17-34(32)50-53)60-30-23-38-41(54)49-45(43(56)51-62(58,59)31-21-22-31)25-28(45)13-6-4-3-5-7-18-36(42(55)52(38)26-30)48-44(57)61-29-14-8-9-15-29/h6,10-13,16-17,19-20,24,27-31,36,38H,3-5,7-9,14-15,18,21-23,25-26H2,1-2H3,(H,48,57)(H,49,54)(H,51,56)/t28-,30-,36+,38+,45-/m1/s1. The zero-order valence-electron chi connectivity index (χ0n) is 35.1. The molecule has 0 spiro atoms. The van der Waals surface area contributed by atoms with Gasteiger partial charge in [0.25, 0.3) is 5.91 Å². The van der Waals surface area contributed by atoms with Gasteiger partial charge < -0.3 is 25.0 Å². The van der Waals surface area contributed by atoms with E-state index in [2.05, 4.69) is 29.2 Å². The Morgan fingerprint density at radius 3 is 2.50 bits per heavy atom. The smallest absolute Gasteiger partial charge is 0.408 e. The first kappa shape index (κ1) is 41.8. The molecule has 3 saturated carbocycles. The van der Waals surface area contributed by atoms with Crippen LogP contribution < -0.4 is 20.1 Å². The van der Waals surface area contributed by atoms with Crippen molar-refractivity contribution < 1.29 is 37.1 Å². The van der Waals surface area contributed by atoms with E-state index < -0.39 is 68.7 Å². The topological polar surface area (TPSA) is 203 Å². The number of alkyl carbamates (subject to hydrolysis) is 1. The maximum atomic E-state index is 14.8. The van der Waals surface area contributed by atoms with Gasteiger partial charge in [-0.1, -0.05) is 57.0 Å². The summed E-state index contributed by atoms with van der Waals surface area (Å²) in [5.74, 6) is -1.83. The van der Waals surface area contributed by atoms with Crippen molar-refractivity contribution in [3.05, 3.63) is 66.4 Å². The molecule has 2 aliphatic heterocycles. The molecule has 1 saturated heterocycles. The lowest BCUT2D eigenvalue weighted by molar-refractivity contribution is -0.141. The molecule has 16 nitrogen and oxygen atoms in total. The summed E-state index contributed by atoms with van der Waals surface area (Å²) in [6, 6.07) is 13.0. The van der Waals surface area contributed by atoms with Crippen molar-refractivity contribution in [2.45, 2.75) is 138 Å². The third-order valence-corrected chi connectivity index (χ3v) is 14.7. The predicted octanol–water partition coefficient (Wildman–Crippen LogP) is 5.46. The minimum absolute atomic E-state index is 0.0242. The van der Waals surface area contributed by atoms with Gasteiger partial charge in [-0.15, -0.1) is 0 Å². The Balaban J connectivity index is 1.06. The molecule has 0 bridgehead atoms. The number of nitrogens with zero attached hydrogens (tertiary/aromatic N) is 5. The number of hydrogen-bond donors (Lipinski definition) is 3. The minimum atomic E-state index is -3.92. The average Bonchev–Trinajstić information content (AvgIpc) is 4.06. The van der Waals surface area contributed by atoms with E-state index in [1.165, 1.54) is 4.90 Å². The number of benzene rings is 1. The van der Waals surface area contributed by atoms with Crippen molar-refractivity contribution in [2.75, 3.05) is 6.54 Å². The van der Waals surface area contributed by atoms with Gasteiger partial charge >= 0.3 is 6.09 Å². The molecule has 5 atom stereocenters. The van der Waals surface area contributed by atoms with Gasteiger partial charge in [0, 0.05) is 29.5 Å². The van der Waals surface area contributed by atoms with Crippen LogP contribution in [-0.4, -0.2) is 98.3 Å². The number of sulfonamides is 1. The monoisotopic (exact) mass is 866 g/mol. The summed E-state index contributed by atoms with van der Waals surface area (Å²) < 4.78 is 42.3. The maximum Gasteiger partial charge on any atom is 0.408 e. The van der Waals surface area contributed by atoms with Gasteiger partial charge in [0.05, 0.1) is 28.7 Å². The molecule has 0 radical (unpaired) electrons. The van der Waals surface area contributed by atoms with E-state index >= 15 is 0 Å². The Labute approximate surface area is 360 Å². The second kappa shape index (κ2) is 16.9. The number of rotatable bonds is 9. The van der Waals surface area contributed by atoms with Gasteiger partial charge in [-0.25, -0.2) is 18.2 Å². The molecule has 5 heterocycles. The van der Waals surface area contributed by atoms with Crippen LogP contribution >= 0.6 is 0 Å². The van der Waals surface area contributed by atoms with E-state index in [9.17, 15) is 27.6 Å². The predicted molar refractivity (Wildman–Crippen MR) is 229 cm³/mol. The molecule has 1 aromatic carbocycles. The molecule has 9 rings (SSSR count). The first-order chi connectivity index (χ1) is 29.9. The number of hydrogen-bond acceptors (Lipinski definition) is 11. The number of nitrogens with one attached hydrogen (secondary N) is 3. The molecule has 3 aromatic heterocycles. The number of carbonyl (C=O) groups excluding carboxylic acids is 4. The maximum absolute atomic E-state index is 14.8. The van der Waals surface area contributed by atoms with Gasteiger partial charge in [-0.05, 0) is 94.4 Å². The number of allylic oxidation sites excluding steroid dienone is 1. The van der Waals surface area contributed by atoms with Gasteiger partial charge in [0.2, 0.25) is 27.7 Å². The lowest BCUT2D eigenvalue weighted by atomic mass is 10.0. The Morgan fingerprint density at radius 1 is 0.919 bits per heavy atom. The van der Waals surface area contributed by atoms with Gasteiger partial charge in [-0.3, -0.25) is 24.1 Å². The fourth-order valence-electron chi connectivity index (χ4n) is 9.09. The van der Waals surface area contributed by atoms with Crippen molar-refractivity contribution in [3.8, 4) is 17.3 Å². The van der Waals surface area contributed by atoms with Crippen LogP contribution in [0.5, 0.6) is 5.88 Å². The molecule has 17 heteroatoms. The van der Waals surface area contributed by atoms with Crippen molar-refractivity contribution in [1.29, 1.82) is 0 Å². The Bertz CT molecular complexity index is 2530. The molecule has 0 unspecified atom stereocenters. The molecule has 4 fully saturated rings. The van der Waals surface area contributed by atoms with Crippen LogP contribution in [0.25, 0.3) is 27.9 Å². The van der Waals surface area contributed by atoms with Gasteiger partial charge in [0.1, 0.15) is 29.8 Å². The summed E-state index contributed by atoms with van der Waals surface area (Å²) in [6.07, 6.45) is 10.0. The number of ether oxygens (including phenoxy) is 2. The number of fused-ring (bicyclic) bond motifs is 5. The van der Waals surface area contributed by atoms with E-state index in [0.717, 1.165) is 49.6 Å². The van der Waals surface area contributed by atoms with Crippen molar-refractivity contribution in [2.24, 2.45) is 5.92 Å². The van der Waals surface area contributed by atoms with Gasteiger partial charge in [0.15, 0.2) is 5.65 Å². The number of carbonyl (C=O) groups is 4. The van der Waals surface area contributed by atoms with Crippen LogP contribution in [0.3, 0.4) is 0 Å². The lowest BCUT2D eigenvalue weighted by Crippen LogP contribution is -2.58. The molecule has 4 amide bonds. The van der Waals surface area contributed by atoms with Crippen molar-refractivity contribution >= 4 is 50.4 Å². The van der Waals surface area contributed by atoms with Crippen LogP contribution in [-0.2, 0) is 29.1 Å². The molecule has 62 heavy (non-hydrogen) atoms. The van der Waals surface area contributed by atoms with E-state index in [1.807, 2.05) is 54.6 Å². The fraction of sp³-hybridized carbons (Fsp3) is 0.533. The summed E-state index contributed by atoms with van der Waals surface area (Å²) >= 11 is 0. The second-order valence-corrected chi connectivity index (χ2v) is 19.8. The van der Waals surface area contributed by atoms with Crippen LogP contribution in [0.15, 0.2) is 60.7 Å². The molecule has 5 aliphatic rings. The molecule has 4 aromatic rings. The first-order valence-corrected chi connectivity index (χ1v) is 23.7. The van der Waals surface area contributed by atoms with Crippen LogP contribution in [0, 0.1) is 5.92 Å².